The predicted molar refractivity (Wildman–Crippen MR) is 113 cm³/mol. The number of hydrogen-bond donors (Lipinski definition) is 0. The van der Waals surface area contributed by atoms with Gasteiger partial charge in [-0.25, -0.2) is 13.4 Å². The Kier molecular flexibility index (Phi) is 7.92. The minimum Gasteiger partial charge on any atom is -0.379 e. The molecule has 1 aliphatic rings. The molecule has 30 heavy (non-hydrogen) atoms. The normalized spacial score (nSPS) is 16.4. The second-order valence-electron chi connectivity index (χ2n) is 7.30. The van der Waals surface area contributed by atoms with Crippen molar-refractivity contribution in [2.45, 2.75) is 44.0 Å². The highest BCUT2D eigenvalue weighted by Gasteiger charge is 2.35. The summed E-state index contributed by atoms with van der Waals surface area (Å²) in [6.45, 7) is 7.64. The molecule has 0 aromatic carbocycles. The Morgan fingerprint density at radius 3 is 2.53 bits per heavy atom. The second-order valence-corrected chi connectivity index (χ2v) is 9.53. The Bertz CT molecular complexity index is 935. The molecule has 0 amide bonds. The maximum absolute atomic E-state index is 13.1. The highest BCUT2D eigenvalue weighted by Crippen LogP contribution is 2.33. The summed E-state index contributed by atoms with van der Waals surface area (Å²) in [6.07, 6.45) is 5.15. The van der Waals surface area contributed by atoms with Crippen LogP contribution in [0.3, 0.4) is 0 Å². The first kappa shape index (κ1) is 23.2. The van der Waals surface area contributed by atoms with Crippen molar-refractivity contribution in [2.24, 2.45) is 7.05 Å². The first-order valence-electron chi connectivity index (χ1n) is 10.2. The van der Waals surface area contributed by atoms with E-state index in [-0.39, 0.29) is 16.0 Å². The molecule has 1 saturated heterocycles. The van der Waals surface area contributed by atoms with E-state index in [1.165, 1.54) is 8.99 Å². The van der Waals surface area contributed by atoms with Gasteiger partial charge < -0.3 is 14.0 Å². The van der Waals surface area contributed by atoms with Gasteiger partial charge in [-0.1, -0.05) is 11.6 Å². The van der Waals surface area contributed by atoms with Crippen LogP contribution in [0.5, 0.6) is 0 Å². The topological polar surface area (TPSA) is 91.5 Å². The van der Waals surface area contributed by atoms with Gasteiger partial charge in [0.1, 0.15) is 15.9 Å². The lowest BCUT2D eigenvalue weighted by Crippen LogP contribution is -2.38. The number of rotatable bonds is 10. The third-order valence-corrected chi connectivity index (χ3v) is 7.91. The van der Waals surface area contributed by atoms with Crippen molar-refractivity contribution in [3.05, 3.63) is 29.1 Å². The quantitative estimate of drug-likeness (QED) is 0.506. The molecule has 11 heteroatoms. The second kappa shape index (κ2) is 10.2. The molecule has 0 atom stereocenters. The number of imidazole rings is 1. The van der Waals surface area contributed by atoms with E-state index in [0.29, 0.717) is 64.6 Å². The van der Waals surface area contributed by atoms with Crippen molar-refractivity contribution < 1.29 is 17.9 Å². The van der Waals surface area contributed by atoms with E-state index < -0.39 is 10.0 Å². The van der Waals surface area contributed by atoms with Crippen LogP contribution >= 0.6 is 11.6 Å². The molecule has 168 valence electrons. The Morgan fingerprint density at radius 2 is 1.90 bits per heavy atom. The van der Waals surface area contributed by atoms with Crippen LogP contribution in [-0.2, 0) is 33.1 Å². The number of aryl methyl sites for hydroxylation is 2. The number of piperidine rings is 1. The van der Waals surface area contributed by atoms with E-state index in [1.54, 1.807) is 20.2 Å². The fraction of sp³-hybridized carbons (Fsp3) is 0.684. The van der Waals surface area contributed by atoms with Crippen LogP contribution in [0.1, 0.15) is 37.2 Å². The molecule has 0 aliphatic carbocycles. The summed E-state index contributed by atoms with van der Waals surface area (Å²) in [5.74, 6) is 1.19. The first-order chi connectivity index (χ1) is 14.4. The van der Waals surface area contributed by atoms with Gasteiger partial charge in [-0.3, -0.25) is 4.68 Å². The lowest BCUT2D eigenvalue weighted by atomic mass is 9.97. The predicted octanol–water partition coefficient (Wildman–Crippen LogP) is 2.20. The lowest BCUT2D eigenvalue weighted by molar-refractivity contribution is 0.0493. The third-order valence-electron chi connectivity index (χ3n) is 5.32. The molecule has 0 spiro atoms. The highest BCUT2D eigenvalue weighted by atomic mass is 35.5. The fourth-order valence-electron chi connectivity index (χ4n) is 3.78. The number of sulfonamides is 1. The molecule has 2 aromatic heterocycles. The third kappa shape index (κ3) is 5.05. The van der Waals surface area contributed by atoms with Gasteiger partial charge >= 0.3 is 0 Å². The average Bonchev–Trinajstić information content (AvgIpc) is 3.28. The maximum Gasteiger partial charge on any atom is 0.248 e. The van der Waals surface area contributed by atoms with Crippen LogP contribution < -0.4 is 0 Å². The smallest absolute Gasteiger partial charge is 0.248 e. The Morgan fingerprint density at radius 1 is 1.20 bits per heavy atom. The summed E-state index contributed by atoms with van der Waals surface area (Å²) in [5, 5.41) is 4.28. The van der Waals surface area contributed by atoms with Crippen LogP contribution in [0.25, 0.3) is 0 Å². The van der Waals surface area contributed by atoms with Gasteiger partial charge in [-0.05, 0) is 26.7 Å². The summed E-state index contributed by atoms with van der Waals surface area (Å²) in [7, 11) is -2.03. The molecular weight excluding hydrogens is 430 g/mol. The zero-order valence-electron chi connectivity index (χ0n) is 17.8. The summed E-state index contributed by atoms with van der Waals surface area (Å²) >= 11 is 6.20. The van der Waals surface area contributed by atoms with Crippen LogP contribution in [0.2, 0.25) is 5.15 Å². The standard InChI is InChI=1S/C19H30ClN5O4S/c1-4-28-13-14-29-12-11-24-10-7-21-19(24)16-5-8-25(9-6-16)30(26,27)17-15(2)22-23(3)18(17)20/h7,10,16H,4-6,8-9,11-14H2,1-3H3. The Balaban J connectivity index is 1.58. The minimum atomic E-state index is -3.67. The van der Waals surface area contributed by atoms with Crippen molar-refractivity contribution >= 4 is 21.6 Å². The van der Waals surface area contributed by atoms with Crippen LogP contribution in [0.4, 0.5) is 0 Å². The average molecular weight is 460 g/mol. The lowest BCUT2D eigenvalue weighted by Gasteiger charge is -2.31. The molecule has 1 aliphatic heterocycles. The van der Waals surface area contributed by atoms with Crippen molar-refractivity contribution in [1.82, 2.24) is 23.6 Å². The molecule has 0 radical (unpaired) electrons. The summed E-state index contributed by atoms with van der Waals surface area (Å²) in [4.78, 5) is 4.63. The minimum absolute atomic E-state index is 0.107. The van der Waals surface area contributed by atoms with Crippen molar-refractivity contribution in [2.75, 3.05) is 39.5 Å². The monoisotopic (exact) mass is 459 g/mol. The summed E-state index contributed by atoms with van der Waals surface area (Å²) in [5.41, 5.74) is 0.421. The van der Waals surface area contributed by atoms with Gasteiger partial charge in [-0.15, -0.1) is 0 Å². The fourth-order valence-corrected chi connectivity index (χ4v) is 5.96. The van der Waals surface area contributed by atoms with Crippen molar-refractivity contribution in [3.8, 4) is 0 Å². The highest BCUT2D eigenvalue weighted by molar-refractivity contribution is 7.89. The summed E-state index contributed by atoms with van der Waals surface area (Å²) in [6, 6.07) is 0. The van der Waals surface area contributed by atoms with E-state index >= 15 is 0 Å². The van der Waals surface area contributed by atoms with Gasteiger partial charge in [0.25, 0.3) is 0 Å². The summed E-state index contributed by atoms with van der Waals surface area (Å²) < 4.78 is 42.0. The first-order valence-corrected chi connectivity index (χ1v) is 12.0. The van der Waals surface area contributed by atoms with Crippen LogP contribution in [0.15, 0.2) is 17.3 Å². The molecule has 0 saturated carbocycles. The number of nitrogens with zero attached hydrogens (tertiary/aromatic N) is 5. The zero-order valence-corrected chi connectivity index (χ0v) is 19.3. The molecule has 3 rings (SSSR count). The Labute approximate surface area is 183 Å². The number of aromatic nitrogens is 4. The van der Waals surface area contributed by atoms with Gasteiger partial charge in [0.15, 0.2) is 0 Å². The molecular formula is C19H30ClN5O4S. The molecule has 1 fully saturated rings. The number of ether oxygens (including phenoxy) is 2. The Hall–Kier alpha value is -1.46. The molecule has 9 nitrogen and oxygen atoms in total. The number of hydrogen-bond acceptors (Lipinski definition) is 6. The maximum atomic E-state index is 13.1. The van der Waals surface area contributed by atoms with E-state index in [1.807, 2.05) is 13.1 Å². The van der Waals surface area contributed by atoms with E-state index in [2.05, 4.69) is 14.6 Å². The largest absolute Gasteiger partial charge is 0.379 e. The molecule has 0 bridgehead atoms. The van der Waals surface area contributed by atoms with E-state index in [9.17, 15) is 8.42 Å². The molecule has 0 N–H and O–H groups in total. The molecule has 3 heterocycles. The molecule has 2 aromatic rings. The van der Waals surface area contributed by atoms with Gasteiger partial charge in [0.2, 0.25) is 10.0 Å². The van der Waals surface area contributed by atoms with E-state index in [4.69, 9.17) is 21.1 Å². The van der Waals surface area contributed by atoms with Crippen LogP contribution in [0, 0.1) is 6.92 Å². The van der Waals surface area contributed by atoms with E-state index in [0.717, 1.165) is 5.82 Å². The molecule has 0 unspecified atom stereocenters. The number of halogens is 1. The van der Waals surface area contributed by atoms with Gasteiger partial charge in [-0.2, -0.15) is 9.40 Å². The van der Waals surface area contributed by atoms with Crippen molar-refractivity contribution in [3.63, 3.8) is 0 Å². The SMILES string of the molecule is CCOCCOCCn1ccnc1C1CCN(S(=O)(=O)c2c(C)nn(C)c2Cl)CC1. The van der Waals surface area contributed by atoms with Gasteiger partial charge in [0, 0.05) is 51.6 Å². The van der Waals surface area contributed by atoms with Crippen molar-refractivity contribution in [1.29, 1.82) is 0 Å². The zero-order chi connectivity index (χ0) is 21.7. The van der Waals surface area contributed by atoms with Crippen LogP contribution in [-0.4, -0.2) is 71.6 Å². The van der Waals surface area contributed by atoms with Gasteiger partial charge in [0.05, 0.1) is 25.5 Å².